The molecule has 0 amide bonds. The number of nitrogens with zero attached hydrogens (tertiary/aromatic N) is 3. The van der Waals surface area contributed by atoms with Gasteiger partial charge >= 0.3 is 0 Å². The lowest BCUT2D eigenvalue weighted by molar-refractivity contribution is 0.358. The Morgan fingerprint density at radius 2 is 1.62 bits per heavy atom. The summed E-state index contributed by atoms with van der Waals surface area (Å²) < 4.78 is 7.87. The van der Waals surface area contributed by atoms with Crippen molar-refractivity contribution < 1.29 is 4.74 Å². The molecule has 0 aliphatic heterocycles. The number of benzene rings is 3. The number of ether oxygens (including phenoxy) is 1. The van der Waals surface area contributed by atoms with Crippen molar-refractivity contribution in [2.45, 2.75) is 6.54 Å². The van der Waals surface area contributed by atoms with E-state index in [-0.39, 0.29) is 0 Å². The summed E-state index contributed by atoms with van der Waals surface area (Å²) in [5.74, 6) is 0.866. The number of aromatic nitrogens is 3. The minimum Gasteiger partial charge on any atom is -0.489 e. The number of para-hydroxylation sites is 2. The zero-order valence-electron chi connectivity index (χ0n) is 14.3. The van der Waals surface area contributed by atoms with Gasteiger partial charge in [-0.05, 0) is 29.8 Å². The number of fused-ring (bicyclic) bond motifs is 1. The van der Waals surface area contributed by atoms with E-state index in [1.54, 1.807) is 0 Å². The molecule has 0 unspecified atom stereocenters. The Morgan fingerprint density at radius 1 is 0.846 bits per heavy atom. The Kier molecular flexibility index (Phi) is 4.74. The Morgan fingerprint density at radius 3 is 2.54 bits per heavy atom. The van der Waals surface area contributed by atoms with Crippen LogP contribution in [0.25, 0.3) is 17.1 Å². The molecule has 4 nitrogen and oxygen atoms in total. The van der Waals surface area contributed by atoms with Gasteiger partial charge in [-0.25, -0.2) is 4.68 Å². The zero-order chi connectivity index (χ0) is 17.6. The van der Waals surface area contributed by atoms with E-state index in [1.165, 1.54) is 5.56 Å². The molecule has 0 aliphatic rings. The van der Waals surface area contributed by atoms with Crippen LogP contribution in [-0.2, 0) is 6.54 Å². The third-order valence-corrected chi connectivity index (χ3v) is 4.16. The second-order valence-electron chi connectivity index (χ2n) is 5.97. The fourth-order valence-electron chi connectivity index (χ4n) is 2.86. The van der Waals surface area contributed by atoms with Gasteiger partial charge in [-0.3, -0.25) is 0 Å². The molecule has 0 N–H and O–H groups in total. The summed E-state index contributed by atoms with van der Waals surface area (Å²) in [5.41, 5.74) is 4.16. The molecule has 0 bridgehead atoms. The van der Waals surface area contributed by atoms with Crippen LogP contribution in [0, 0.1) is 0 Å². The third kappa shape index (κ3) is 3.64. The van der Waals surface area contributed by atoms with Crippen molar-refractivity contribution in [3.63, 3.8) is 0 Å². The molecule has 1 heterocycles. The summed E-state index contributed by atoms with van der Waals surface area (Å²) in [5, 5.41) is 8.48. The lowest BCUT2D eigenvalue weighted by Gasteiger charge is -2.10. The van der Waals surface area contributed by atoms with E-state index in [4.69, 9.17) is 4.74 Å². The van der Waals surface area contributed by atoms with Crippen LogP contribution in [0.4, 0.5) is 0 Å². The molecule has 0 saturated heterocycles. The van der Waals surface area contributed by atoms with Crippen molar-refractivity contribution in [2.75, 3.05) is 6.61 Å². The molecule has 0 saturated carbocycles. The highest BCUT2D eigenvalue weighted by molar-refractivity contribution is 5.73. The van der Waals surface area contributed by atoms with Gasteiger partial charge < -0.3 is 4.74 Å². The first kappa shape index (κ1) is 16.1. The normalized spacial score (nSPS) is 11.2. The number of hydrogen-bond donors (Lipinski definition) is 0. The third-order valence-electron chi connectivity index (χ3n) is 4.16. The molecule has 4 aromatic rings. The topological polar surface area (TPSA) is 39.9 Å². The van der Waals surface area contributed by atoms with Crippen molar-refractivity contribution in [3.05, 3.63) is 96.1 Å². The van der Waals surface area contributed by atoms with E-state index < -0.39 is 0 Å². The van der Waals surface area contributed by atoms with Gasteiger partial charge in [-0.15, -0.1) is 5.10 Å². The van der Waals surface area contributed by atoms with E-state index in [0.717, 1.165) is 22.3 Å². The molecule has 4 heteroatoms. The molecule has 0 fully saturated rings. The predicted molar refractivity (Wildman–Crippen MR) is 104 cm³/mol. The molecule has 0 spiro atoms. The highest BCUT2D eigenvalue weighted by atomic mass is 16.5. The second-order valence-corrected chi connectivity index (χ2v) is 5.97. The van der Waals surface area contributed by atoms with Gasteiger partial charge in [0.25, 0.3) is 0 Å². The van der Waals surface area contributed by atoms with Crippen LogP contribution in [0.3, 0.4) is 0 Å². The first-order valence-corrected chi connectivity index (χ1v) is 8.61. The molecule has 128 valence electrons. The maximum Gasteiger partial charge on any atom is 0.124 e. The lowest BCUT2D eigenvalue weighted by atomic mass is 10.2. The highest BCUT2D eigenvalue weighted by Gasteiger charge is 2.08. The summed E-state index contributed by atoms with van der Waals surface area (Å²) >= 11 is 0. The van der Waals surface area contributed by atoms with Gasteiger partial charge in [0.05, 0.1) is 12.1 Å². The van der Waals surface area contributed by atoms with E-state index in [2.05, 4.69) is 34.6 Å². The molecule has 26 heavy (non-hydrogen) atoms. The Labute approximate surface area is 152 Å². The van der Waals surface area contributed by atoms with Gasteiger partial charge in [-0.2, -0.15) is 0 Å². The standard InChI is InChI=1S/C22H19N3O/c1-2-9-18(10-3-1)11-8-16-26-22-15-7-4-12-19(22)17-25-21-14-6-5-13-20(21)23-24-25/h1-15H,16-17H2. The number of hydrogen-bond acceptors (Lipinski definition) is 3. The van der Waals surface area contributed by atoms with Gasteiger partial charge in [0.1, 0.15) is 17.9 Å². The maximum absolute atomic E-state index is 5.97. The summed E-state index contributed by atoms with van der Waals surface area (Å²) in [6.45, 7) is 1.14. The number of rotatable bonds is 6. The monoisotopic (exact) mass is 341 g/mol. The van der Waals surface area contributed by atoms with Crippen molar-refractivity contribution in [1.82, 2.24) is 15.0 Å². The second kappa shape index (κ2) is 7.66. The summed E-state index contributed by atoms with van der Waals surface area (Å²) in [7, 11) is 0. The smallest absolute Gasteiger partial charge is 0.124 e. The van der Waals surface area contributed by atoms with Crippen molar-refractivity contribution in [3.8, 4) is 5.75 Å². The summed E-state index contributed by atoms with van der Waals surface area (Å²) in [6.07, 6.45) is 4.09. The zero-order valence-corrected chi connectivity index (χ0v) is 14.3. The minimum atomic E-state index is 0.518. The largest absolute Gasteiger partial charge is 0.489 e. The minimum absolute atomic E-state index is 0.518. The molecule has 1 aromatic heterocycles. The first-order chi connectivity index (χ1) is 12.9. The quantitative estimate of drug-likeness (QED) is 0.516. The molecule has 0 aliphatic carbocycles. The summed E-state index contributed by atoms with van der Waals surface area (Å²) in [6, 6.07) is 26.2. The van der Waals surface area contributed by atoms with Crippen molar-refractivity contribution >= 4 is 17.1 Å². The molecule has 4 rings (SSSR count). The van der Waals surface area contributed by atoms with Gasteiger partial charge in [0, 0.05) is 5.56 Å². The Hall–Kier alpha value is -3.40. The van der Waals surface area contributed by atoms with Gasteiger partial charge in [0.2, 0.25) is 0 Å². The Balaban J connectivity index is 1.47. The van der Waals surface area contributed by atoms with E-state index >= 15 is 0 Å². The van der Waals surface area contributed by atoms with Crippen LogP contribution in [0.15, 0.2) is 84.9 Å². The molecular weight excluding hydrogens is 322 g/mol. The van der Waals surface area contributed by atoms with E-state index in [1.807, 2.05) is 71.4 Å². The van der Waals surface area contributed by atoms with Crippen LogP contribution < -0.4 is 4.74 Å². The SMILES string of the molecule is C(=Cc1ccccc1)COc1ccccc1Cn1nnc2ccccc21. The molecule has 0 atom stereocenters. The van der Waals surface area contributed by atoms with Gasteiger partial charge in [0.15, 0.2) is 0 Å². The fraction of sp³-hybridized carbons (Fsp3) is 0.0909. The van der Waals surface area contributed by atoms with Crippen LogP contribution in [0.2, 0.25) is 0 Å². The molecule has 3 aromatic carbocycles. The Bertz CT molecular complexity index is 1020. The average molecular weight is 341 g/mol. The van der Waals surface area contributed by atoms with E-state index in [9.17, 15) is 0 Å². The van der Waals surface area contributed by atoms with Crippen molar-refractivity contribution in [2.24, 2.45) is 0 Å². The highest BCUT2D eigenvalue weighted by Crippen LogP contribution is 2.21. The predicted octanol–water partition coefficient (Wildman–Crippen LogP) is 4.57. The molecule has 0 radical (unpaired) electrons. The van der Waals surface area contributed by atoms with Crippen molar-refractivity contribution in [1.29, 1.82) is 0 Å². The van der Waals surface area contributed by atoms with Crippen LogP contribution in [0.5, 0.6) is 5.75 Å². The molecular formula is C22H19N3O. The summed E-state index contributed by atoms with van der Waals surface area (Å²) in [4.78, 5) is 0. The van der Waals surface area contributed by atoms with Crippen LogP contribution in [-0.4, -0.2) is 21.6 Å². The van der Waals surface area contributed by atoms with Crippen LogP contribution in [0.1, 0.15) is 11.1 Å². The first-order valence-electron chi connectivity index (χ1n) is 8.61. The fourth-order valence-corrected chi connectivity index (χ4v) is 2.86. The average Bonchev–Trinajstić information content (AvgIpc) is 3.10. The van der Waals surface area contributed by atoms with Crippen LogP contribution >= 0.6 is 0 Å². The van der Waals surface area contributed by atoms with Gasteiger partial charge in [-0.1, -0.05) is 72.0 Å². The lowest BCUT2D eigenvalue weighted by Crippen LogP contribution is -2.05. The van der Waals surface area contributed by atoms with E-state index in [0.29, 0.717) is 13.2 Å². The maximum atomic E-state index is 5.97.